The van der Waals surface area contributed by atoms with E-state index in [4.69, 9.17) is 5.73 Å². The van der Waals surface area contributed by atoms with E-state index in [1.165, 1.54) is 0 Å². The number of aromatic nitrogens is 2. The van der Waals surface area contributed by atoms with Crippen LogP contribution in [0.2, 0.25) is 0 Å². The van der Waals surface area contributed by atoms with Crippen molar-refractivity contribution in [3.05, 3.63) is 23.5 Å². The maximum absolute atomic E-state index is 11.8. The molecule has 0 aromatic carbocycles. The number of Topliss-reactive ketones (excluding diaryl/α,β-unsaturated/α-hetero) is 1. The molecule has 0 saturated heterocycles. The SMILES string of the molecule is CCC(CN)C(=O)Cc1cn2ccsc2n1. The van der Waals surface area contributed by atoms with Crippen LogP contribution in [0.15, 0.2) is 17.8 Å². The van der Waals surface area contributed by atoms with Crippen molar-refractivity contribution in [3.8, 4) is 0 Å². The van der Waals surface area contributed by atoms with E-state index in [2.05, 4.69) is 4.98 Å². The van der Waals surface area contributed by atoms with Crippen molar-refractivity contribution in [2.75, 3.05) is 6.54 Å². The number of fused-ring (bicyclic) bond motifs is 1. The second-order valence-electron chi connectivity index (χ2n) is 3.81. The van der Waals surface area contributed by atoms with Crippen LogP contribution >= 0.6 is 11.3 Å². The number of thiazole rings is 1. The Balaban J connectivity index is 2.09. The van der Waals surface area contributed by atoms with Crippen molar-refractivity contribution in [1.29, 1.82) is 0 Å². The van der Waals surface area contributed by atoms with Gasteiger partial charge in [-0.25, -0.2) is 4.98 Å². The molecule has 0 aliphatic rings. The largest absolute Gasteiger partial charge is 0.330 e. The molecule has 5 heteroatoms. The third-order valence-corrected chi connectivity index (χ3v) is 3.50. The van der Waals surface area contributed by atoms with E-state index < -0.39 is 0 Å². The minimum Gasteiger partial charge on any atom is -0.330 e. The van der Waals surface area contributed by atoms with Gasteiger partial charge in [0.1, 0.15) is 5.78 Å². The maximum atomic E-state index is 11.8. The summed E-state index contributed by atoms with van der Waals surface area (Å²) < 4.78 is 1.94. The summed E-state index contributed by atoms with van der Waals surface area (Å²) in [6, 6.07) is 0. The van der Waals surface area contributed by atoms with Crippen molar-refractivity contribution in [1.82, 2.24) is 9.38 Å². The highest BCUT2D eigenvalue weighted by atomic mass is 32.1. The lowest BCUT2D eigenvalue weighted by Gasteiger charge is -2.08. The Hall–Kier alpha value is -1.20. The molecule has 0 aliphatic heterocycles. The molecule has 86 valence electrons. The molecule has 2 heterocycles. The average molecular weight is 237 g/mol. The second kappa shape index (κ2) is 4.76. The molecule has 0 amide bonds. The Labute approximate surface area is 98.1 Å². The van der Waals surface area contributed by atoms with Crippen LogP contribution in [0.1, 0.15) is 19.0 Å². The number of imidazole rings is 1. The molecule has 2 aromatic rings. The monoisotopic (exact) mass is 237 g/mol. The van der Waals surface area contributed by atoms with Crippen LogP contribution < -0.4 is 5.73 Å². The van der Waals surface area contributed by atoms with Crippen molar-refractivity contribution < 1.29 is 4.79 Å². The first kappa shape index (κ1) is 11.3. The highest BCUT2D eigenvalue weighted by Gasteiger charge is 2.16. The number of nitrogens with two attached hydrogens (primary N) is 1. The molecule has 2 rings (SSSR count). The van der Waals surface area contributed by atoms with E-state index in [1.54, 1.807) is 11.3 Å². The van der Waals surface area contributed by atoms with E-state index in [1.807, 2.05) is 29.1 Å². The van der Waals surface area contributed by atoms with Gasteiger partial charge < -0.3 is 5.73 Å². The number of carbonyl (C=O) groups excluding carboxylic acids is 1. The van der Waals surface area contributed by atoms with Gasteiger partial charge in [-0.05, 0) is 6.42 Å². The topological polar surface area (TPSA) is 60.4 Å². The zero-order valence-corrected chi connectivity index (χ0v) is 10.0. The molecule has 0 radical (unpaired) electrons. The third-order valence-electron chi connectivity index (χ3n) is 2.73. The van der Waals surface area contributed by atoms with Crippen molar-refractivity contribution in [3.63, 3.8) is 0 Å². The molecule has 0 bridgehead atoms. The van der Waals surface area contributed by atoms with Gasteiger partial charge >= 0.3 is 0 Å². The second-order valence-corrected chi connectivity index (χ2v) is 4.68. The Morgan fingerprint density at radius 1 is 1.69 bits per heavy atom. The number of rotatable bonds is 5. The minimum absolute atomic E-state index is 0.0280. The minimum atomic E-state index is -0.0280. The first-order chi connectivity index (χ1) is 7.74. The Morgan fingerprint density at radius 3 is 3.12 bits per heavy atom. The van der Waals surface area contributed by atoms with Gasteiger partial charge in [-0.2, -0.15) is 0 Å². The summed E-state index contributed by atoms with van der Waals surface area (Å²) in [6.45, 7) is 2.42. The molecular weight excluding hydrogens is 222 g/mol. The van der Waals surface area contributed by atoms with Gasteiger partial charge in [-0.15, -0.1) is 11.3 Å². The van der Waals surface area contributed by atoms with Gasteiger partial charge in [-0.1, -0.05) is 6.92 Å². The summed E-state index contributed by atoms with van der Waals surface area (Å²) in [6.07, 6.45) is 5.05. The van der Waals surface area contributed by atoms with Gasteiger partial charge in [0.2, 0.25) is 0 Å². The summed E-state index contributed by atoms with van der Waals surface area (Å²) in [5, 5.41) is 1.97. The smallest absolute Gasteiger partial charge is 0.193 e. The Morgan fingerprint density at radius 2 is 2.50 bits per heavy atom. The standard InChI is InChI=1S/C11H15N3OS/c1-2-8(6-12)10(15)5-9-7-14-3-4-16-11(14)13-9/h3-4,7-8H,2,5-6,12H2,1H3. The number of hydrogen-bond donors (Lipinski definition) is 1. The number of hydrogen-bond acceptors (Lipinski definition) is 4. The van der Waals surface area contributed by atoms with Crippen LogP contribution in [0, 0.1) is 5.92 Å². The summed E-state index contributed by atoms with van der Waals surface area (Å²) in [5.74, 6) is 0.162. The predicted octanol–water partition coefficient (Wildman–Crippen LogP) is 1.49. The van der Waals surface area contributed by atoms with Crippen LogP contribution in [-0.2, 0) is 11.2 Å². The molecule has 1 atom stereocenters. The fourth-order valence-corrected chi connectivity index (χ4v) is 2.43. The number of nitrogens with zero attached hydrogens (tertiary/aromatic N) is 2. The lowest BCUT2D eigenvalue weighted by Crippen LogP contribution is -2.24. The van der Waals surface area contributed by atoms with Gasteiger partial charge in [0, 0.05) is 30.2 Å². The zero-order valence-electron chi connectivity index (χ0n) is 9.22. The van der Waals surface area contributed by atoms with Gasteiger partial charge in [-0.3, -0.25) is 9.20 Å². The third kappa shape index (κ3) is 2.15. The molecular formula is C11H15N3OS. The van der Waals surface area contributed by atoms with E-state index in [0.29, 0.717) is 13.0 Å². The van der Waals surface area contributed by atoms with Crippen LogP contribution in [0.3, 0.4) is 0 Å². The van der Waals surface area contributed by atoms with Gasteiger partial charge in [0.25, 0.3) is 0 Å². The predicted molar refractivity (Wildman–Crippen MR) is 64.6 cm³/mol. The zero-order chi connectivity index (χ0) is 11.5. The van der Waals surface area contributed by atoms with Crippen molar-refractivity contribution >= 4 is 22.1 Å². The summed E-state index contributed by atoms with van der Waals surface area (Å²) in [7, 11) is 0. The van der Waals surface area contributed by atoms with Crippen LogP contribution in [0.25, 0.3) is 4.96 Å². The van der Waals surface area contributed by atoms with Crippen molar-refractivity contribution in [2.24, 2.45) is 11.7 Å². The fraction of sp³-hybridized carbons (Fsp3) is 0.455. The Bertz CT molecular complexity index is 456. The summed E-state index contributed by atoms with van der Waals surface area (Å²) in [4.78, 5) is 17.2. The van der Waals surface area contributed by atoms with E-state index >= 15 is 0 Å². The molecule has 16 heavy (non-hydrogen) atoms. The molecule has 2 aromatic heterocycles. The van der Waals surface area contributed by atoms with E-state index in [0.717, 1.165) is 17.1 Å². The first-order valence-corrected chi connectivity index (χ1v) is 6.26. The normalized spacial score (nSPS) is 13.1. The molecule has 0 aliphatic carbocycles. The van der Waals surface area contributed by atoms with E-state index in [-0.39, 0.29) is 11.7 Å². The van der Waals surface area contributed by atoms with Crippen LogP contribution in [0.5, 0.6) is 0 Å². The molecule has 1 unspecified atom stereocenters. The van der Waals surface area contributed by atoms with Crippen LogP contribution in [0.4, 0.5) is 0 Å². The lowest BCUT2D eigenvalue weighted by molar-refractivity contribution is -0.122. The molecule has 0 spiro atoms. The summed E-state index contributed by atoms with van der Waals surface area (Å²) in [5.41, 5.74) is 6.39. The highest BCUT2D eigenvalue weighted by Crippen LogP contribution is 2.13. The van der Waals surface area contributed by atoms with E-state index in [9.17, 15) is 4.79 Å². The van der Waals surface area contributed by atoms with Crippen molar-refractivity contribution in [2.45, 2.75) is 19.8 Å². The maximum Gasteiger partial charge on any atom is 0.193 e. The first-order valence-electron chi connectivity index (χ1n) is 5.38. The molecule has 2 N–H and O–H groups in total. The van der Waals surface area contributed by atoms with Crippen LogP contribution in [-0.4, -0.2) is 21.7 Å². The highest BCUT2D eigenvalue weighted by molar-refractivity contribution is 7.15. The quantitative estimate of drug-likeness (QED) is 0.857. The van der Waals surface area contributed by atoms with Gasteiger partial charge in [0.05, 0.1) is 12.1 Å². The average Bonchev–Trinajstić information content (AvgIpc) is 2.79. The summed E-state index contributed by atoms with van der Waals surface area (Å²) >= 11 is 1.57. The molecule has 0 saturated carbocycles. The van der Waals surface area contributed by atoms with Gasteiger partial charge in [0.15, 0.2) is 4.96 Å². The number of ketones is 1. The molecule has 0 fully saturated rings. The number of carbonyl (C=O) groups is 1. The fourth-order valence-electron chi connectivity index (χ4n) is 1.71. The Kier molecular flexibility index (Phi) is 3.36. The molecule has 4 nitrogen and oxygen atoms in total. The lowest BCUT2D eigenvalue weighted by atomic mass is 9.98.